The molecule has 6 heterocycles. The number of amides is 9. The van der Waals surface area contributed by atoms with E-state index in [1.807, 2.05) is 24.8 Å². The summed E-state index contributed by atoms with van der Waals surface area (Å²) in [4.78, 5) is 123. The minimum atomic E-state index is -1.89. The molecule has 26 nitrogen and oxygen atoms in total. The molecule has 0 radical (unpaired) electrons. The fourth-order valence-electron chi connectivity index (χ4n) is 13.1. The van der Waals surface area contributed by atoms with Crippen molar-refractivity contribution in [2.75, 3.05) is 104 Å². The Kier molecular flexibility index (Phi) is 27.2. The first-order chi connectivity index (χ1) is 44.9. The predicted molar refractivity (Wildman–Crippen MR) is 351 cm³/mol. The maximum atomic E-state index is 14.4. The summed E-state index contributed by atoms with van der Waals surface area (Å²) in [5.41, 5.74) is -1.21. The number of fused-ring (bicyclic) bond motifs is 6. The fourth-order valence-corrected chi connectivity index (χ4v) is 16.0. The number of methoxy groups -OCH3 is 2. The maximum Gasteiger partial charge on any atom is 0.409 e. The van der Waals surface area contributed by atoms with E-state index in [-0.39, 0.29) is 90.2 Å². The number of likely N-dealkylation sites (N-methyl/N-ethyl adjacent to an activating group) is 1. The zero-order chi connectivity index (χ0) is 67.9. The van der Waals surface area contributed by atoms with Crippen LogP contribution in [0.25, 0.3) is 0 Å². The van der Waals surface area contributed by atoms with E-state index in [0.29, 0.717) is 108 Å². The number of anilines is 1. The van der Waals surface area contributed by atoms with Gasteiger partial charge in [-0.2, -0.15) is 11.8 Å². The standard InChI is InChI=1S/C65H95ClN8O18S2/c1-38-12-11-14-50(86-8)65(84)35-47(90-63(83)71-65)39(2)58-64(4,92-58)51(34-54(77)73(6)45-31-42(30-38)32-46(85-7)56(45)66)91-61(81)40(3)72(5)53(76)20-29-93-49-33-55(78)74(60(49)80)36-41-16-18-43(19-17-41)59(79)68-22-24-88-26-28-89-27-25-87-23-21-67-52(75)15-10-9-13-48-57-44(37-94-48)69-62(82)70-57/h11-12,14,31-32,39-41,43-44,47-51,57-58,84H,9-10,13,15-30,33-37H2,1-8H3,(H,67,75)(H,68,79)(H,71,83)(H2,69,70,82)/b14-11+,38-12-/t39-,40-,41?,43?,44+,47?,48+,49?,50-,51+,57+,58+,64-,65+/m1/s1. The molecule has 12 atom stereocenters. The fraction of sp³-hybridized carbons (Fsp3) is 0.708. The smallest absolute Gasteiger partial charge is 0.409 e. The highest BCUT2D eigenvalue weighted by Crippen LogP contribution is 2.49. The van der Waals surface area contributed by atoms with Crippen molar-refractivity contribution < 1.29 is 86.2 Å². The van der Waals surface area contributed by atoms with Crippen LogP contribution in [0.4, 0.5) is 15.3 Å². The van der Waals surface area contributed by atoms with Crippen LogP contribution >= 0.6 is 35.1 Å². The molecule has 7 aliphatic rings. The third-order valence-corrected chi connectivity index (χ3v) is 22.1. The minimum Gasteiger partial charge on any atom is -0.495 e. The summed E-state index contributed by atoms with van der Waals surface area (Å²) in [7, 11) is 5.88. The summed E-state index contributed by atoms with van der Waals surface area (Å²) in [5.74, 6) is -1.71. The number of esters is 1. The molecule has 5 saturated heterocycles. The van der Waals surface area contributed by atoms with E-state index in [1.54, 1.807) is 45.2 Å². The number of rotatable bonds is 29. The third-order valence-electron chi connectivity index (χ3n) is 19.0. The second kappa shape index (κ2) is 34.5. The second-order valence-corrected chi connectivity index (χ2v) is 28.6. The molecule has 1 saturated carbocycles. The van der Waals surface area contributed by atoms with Gasteiger partial charge in [-0.1, -0.05) is 48.7 Å². The molecule has 1 aliphatic carbocycles. The lowest BCUT2D eigenvalue weighted by molar-refractivity contribution is -0.162. The van der Waals surface area contributed by atoms with E-state index in [1.165, 1.54) is 54.7 Å². The molecule has 4 bridgehead atoms. The van der Waals surface area contributed by atoms with E-state index in [9.17, 15) is 48.3 Å². The number of halogens is 1. The summed E-state index contributed by atoms with van der Waals surface area (Å²) in [6.45, 7) is 10.1. The van der Waals surface area contributed by atoms with Gasteiger partial charge >= 0.3 is 18.1 Å². The number of allylic oxidation sites excluding steroid dienone is 3. The molecule has 6 aliphatic heterocycles. The summed E-state index contributed by atoms with van der Waals surface area (Å²) >= 11 is 9.93. The molecule has 0 aromatic heterocycles. The van der Waals surface area contributed by atoms with Crippen LogP contribution in [0, 0.1) is 17.8 Å². The number of ether oxygens (including phenoxy) is 8. The number of nitrogens with one attached hydrogen (secondary N) is 5. The minimum absolute atomic E-state index is 0.00182. The number of epoxide rings is 1. The number of hydrogen-bond acceptors (Lipinski definition) is 20. The number of aliphatic hydroxyl groups is 1. The highest BCUT2D eigenvalue weighted by Gasteiger charge is 2.64. The van der Waals surface area contributed by atoms with Gasteiger partial charge in [0.25, 0.3) is 0 Å². The number of urea groups is 1. The number of nitrogens with zero attached hydrogens (tertiary/aromatic N) is 3. The maximum absolute atomic E-state index is 14.4. The summed E-state index contributed by atoms with van der Waals surface area (Å²) in [6.07, 6.45) is 6.02. The molecule has 6 fully saturated rings. The van der Waals surface area contributed by atoms with Crippen molar-refractivity contribution in [2.45, 2.75) is 176 Å². The monoisotopic (exact) mass is 1370 g/mol. The first kappa shape index (κ1) is 74.1. The van der Waals surface area contributed by atoms with Crippen LogP contribution in [-0.2, 0) is 73.1 Å². The molecule has 522 valence electrons. The van der Waals surface area contributed by atoms with Gasteiger partial charge in [0.1, 0.15) is 40.7 Å². The second-order valence-electron chi connectivity index (χ2n) is 25.6. The van der Waals surface area contributed by atoms with Gasteiger partial charge in [0.15, 0.2) is 5.72 Å². The number of alkyl carbamates (subject to hydrolysis) is 1. The van der Waals surface area contributed by atoms with Crippen molar-refractivity contribution in [1.82, 2.24) is 36.4 Å². The van der Waals surface area contributed by atoms with Gasteiger partial charge in [0.2, 0.25) is 35.4 Å². The number of imide groups is 1. The van der Waals surface area contributed by atoms with Crippen molar-refractivity contribution in [1.29, 1.82) is 0 Å². The Bertz CT molecular complexity index is 2940. The zero-order valence-corrected chi connectivity index (χ0v) is 57.6. The van der Waals surface area contributed by atoms with Crippen molar-refractivity contribution in [2.24, 2.45) is 17.8 Å². The number of carbonyl (C=O) groups excluding carboxylic acids is 9. The van der Waals surface area contributed by atoms with Crippen LogP contribution in [0.15, 0.2) is 35.9 Å². The number of benzene rings is 1. The number of hydrogen-bond donors (Lipinski definition) is 6. The van der Waals surface area contributed by atoms with Crippen LogP contribution in [0.2, 0.25) is 5.02 Å². The number of likely N-dealkylation sites (tertiary alicyclic amines) is 1. The quantitative estimate of drug-likeness (QED) is 0.0210. The summed E-state index contributed by atoms with van der Waals surface area (Å²) in [6, 6.07) is 2.69. The summed E-state index contributed by atoms with van der Waals surface area (Å²) in [5, 5.41) is 26.1. The Morgan fingerprint density at radius 1 is 0.936 bits per heavy atom. The molecular weight excluding hydrogens is 1280 g/mol. The van der Waals surface area contributed by atoms with E-state index in [4.69, 9.17) is 49.5 Å². The number of thioether (sulfide) groups is 2. The third kappa shape index (κ3) is 19.5. The van der Waals surface area contributed by atoms with E-state index in [0.717, 1.165) is 36.2 Å². The summed E-state index contributed by atoms with van der Waals surface area (Å²) < 4.78 is 46.3. The van der Waals surface area contributed by atoms with Crippen molar-refractivity contribution >= 4 is 94.3 Å². The lowest BCUT2D eigenvalue weighted by atomic mass is 9.81. The molecule has 1 aromatic rings. The number of carbonyl (C=O) groups is 9. The van der Waals surface area contributed by atoms with E-state index >= 15 is 0 Å². The lowest BCUT2D eigenvalue weighted by Crippen LogP contribution is -2.63. The van der Waals surface area contributed by atoms with Crippen LogP contribution in [0.1, 0.15) is 110 Å². The van der Waals surface area contributed by atoms with Gasteiger partial charge in [0, 0.05) is 95.1 Å². The lowest BCUT2D eigenvalue weighted by Gasteiger charge is -2.42. The average molecular weight is 1380 g/mol. The molecule has 29 heteroatoms. The van der Waals surface area contributed by atoms with E-state index in [2.05, 4.69) is 26.6 Å². The van der Waals surface area contributed by atoms with Crippen LogP contribution in [-0.4, -0.2) is 232 Å². The van der Waals surface area contributed by atoms with Crippen molar-refractivity contribution in [3.8, 4) is 5.75 Å². The van der Waals surface area contributed by atoms with Crippen molar-refractivity contribution in [3.05, 3.63) is 46.5 Å². The Balaban J connectivity index is 0.713. The Morgan fingerprint density at radius 2 is 1.64 bits per heavy atom. The first-order valence-electron chi connectivity index (χ1n) is 32.7. The number of unbranched alkanes of at least 4 members (excludes halogenated alkanes) is 1. The normalized spacial score (nSPS) is 30.6. The Labute approximate surface area is 563 Å². The Hall–Kier alpha value is -5.72. The van der Waals surface area contributed by atoms with Gasteiger partial charge in [-0.25, -0.2) is 14.4 Å². The van der Waals surface area contributed by atoms with Gasteiger partial charge in [0.05, 0.1) is 82.3 Å². The molecule has 1 aromatic carbocycles. The van der Waals surface area contributed by atoms with E-state index < -0.39 is 83.2 Å². The van der Waals surface area contributed by atoms with Crippen LogP contribution < -0.4 is 36.2 Å². The van der Waals surface area contributed by atoms with Crippen molar-refractivity contribution in [3.63, 3.8) is 0 Å². The molecule has 8 rings (SSSR count). The molecular formula is C65H95ClN8O18S2. The van der Waals surface area contributed by atoms with Crippen LogP contribution in [0.3, 0.4) is 0 Å². The molecule has 94 heavy (non-hydrogen) atoms. The van der Waals surface area contributed by atoms with Gasteiger partial charge in [-0.15, -0.1) is 11.8 Å². The van der Waals surface area contributed by atoms with Crippen LogP contribution in [0.5, 0.6) is 5.75 Å². The SMILES string of the molecule is COc1cc2cc(c1Cl)N(C)C(=O)C[C@H](OC(=O)[C@@H](C)N(C)C(=O)CCSC1CC(=O)N(CC3CCC(C(=O)NCCOCCOCCOCCNC(=O)CCCC[C@@H]4SC[C@@H]5NC(=O)N[C@@H]54)CC3)C1=O)[C@@]1(C)O[C@H]1[C@H](C)C1C[C@@](O)(NC(=O)O1)[C@H](OC)/C=C/C=C(/C)C2. The molecule has 9 amide bonds. The topological polar surface area (TPSA) is 321 Å². The largest absolute Gasteiger partial charge is 0.495 e. The zero-order valence-electron chi connectivity index (χ0n) is 55.2. The van der Waals surface area contributed by atoms with Gasteiger partial charge in [-0.05, 0) is 89.3 Å². The predicted octanol–water partition coefficient (Wildman–Crippen LogP) is 4.58. The molecule has 6 N–H and O–H groups in total. The van der Waals surface area contributed by atoms with Gasteiger partial charge in [-0.3, -0.25) is 39.0 Å². The molecule has 0 spiro atoms. The highest BCUT2D eigenvalue weighted by molar-refractivity contribution is 8.00. The Morgan fingerprint density at radius 3 is 2.34 bits per heavy atom. The van der Waals surface area contributed by atoms with Gasteiger partial charge < -0.3 is 74.1 Å². The molecule has 2 unspecified atom stereocenters. The first-order valence-corrected chi connectivity index (χ1v) is 35.2. The highest BCUT2D eigenvalue weighted by atomic mass is 35.5. The average Bonchev–Trinajstić information content (AvgIpc) is 1.57.